The van der Waals surface area contributed by atoms with E-state index in [0.717, 1.165) is 68.6 Å². The van der Waals surface area contributed by atoms with Crippen LogP contribution in [0.3, 0.4) is 0 Å². The van der Waals surface area contributed by atoms with Crippen molar-refractivity contribution < 1.29 is 0 Å². The molecule has 1 saturated heterocycles. The largest absolute Gasteiger partial charge is 0.317 e. The van der Waals surface area contributed by atoms with Gasteiger partial charge >= 0.3 is 0 Å². The van der Waals surface area contributed by atoms with E-state index in [1.165, 1.54) is 11.3 Å². The van der Waals surface area contributed by atoms with E-state index in [0.29, 0.717) is 17.3 Å². The lowest BCUT2D eigenvalue weighted by atomic mass is 9.94. The summed E-state index contributed by atoms with van der Waals surface area (Å²) in [5.74, 6) is 0.403. The Bertz CT molecular complexity index is 1160. The molecule has 1 aliphatic carbocycles. The lowest BCUT2D eigenvalue weighted by Gasteiger charge is -2.22. The van der Waals surface area contributed by atoms with Crippen molar-refractivity contribution in [1.82, 2.24) is 19.7 Å². The number of piperidine rings is 1. The third-order valence-electron chi connectivity index (χ3n) is 6.32. The summed E-state index contributed by atoms with van der Waals surface area (Å²) in [4.78, 5) is 27.0. The molecule has 0 saturated carbocycles. The molecule has 0 aromatic carbocycles. The van der Waals surface area contributed by atoms with Crippen LogP contribution >= 0.6 is 0 Å². The number of aliphatic imine (C=N–C) groups is 1. The number of nitrogens with one attached hydrogen (secondary N) is 1. The topological polar surface area (TPSA) is 71.7 Å². The Morgan fingerprint density at radius 2 is 2.00 bits per heavy atom. The summed E-state index contributed by atoms with van der Waals surface area (Å²) in [6, 6.07) is 1.64. The van der Waals surface area contributed by atoms with Gasteiger partial charge < -0.3 is 5.32 Å². The Balaban J connectivity index is 1.48. The Morgan fingerprint density at radius 3 is 2.87 bits per heavy atom. The van der Waals surface area contributed by atoms with Crippen molar-refractivity contribution in [3.8, 4) is 0 Å². The van der Waals surface area contributed by atoms with Crippen LogP contribution in [0, 0.1) is 0 Å². The van der Waals surface area contributed by atoms with Crippen LogP contribution in [0.25, 0.3) is 11.2 Å². The summed E-state index contributed by atoms with van der Waals surface area (Å²) in [6.07, 6.45) is 16.1. The highest BCUT2D eigenvalue weighted by molar-refractivity contribution is 5.85. The van der Waals surface area contributed by atoms with Crippen LogP contribution in [0.15, 0.2) is 57.7 Å². The summed E-state index contributed by atoms with van der Waals surface area (Å²) in [7, 11) is 0. The van der Waals surface area contributed by atoms with Crippen LogP contribution in [0.1, 0.15) is 62.8 Å². The van der Waals surface area contributed by atoms with Crippen LogP contribution in [0.5, 0.6) is 0 Å². The Kier molecular flexibility index (Phi) is 5.17. The van der Waals surface area contributed by atoms with Crippen molar-refractivity contribution in [3.63, 3.8) is 0 Å². The first-order valence-corrected chi connectivity index (χ1v) is 10.9. The van der Waals surface area contributed by atoms with Gasteiger partial charge in [-0.05, 0) is 75.8 Å². The minimum absolute atomic E-state index is 0.0598. The number of fused-ring (bicyclic) bond motifs is 1. The van der Waals surface area contributed by atoms with Crippen LogP contribution in [-0.2, 0) is 0 Å². The van der Waals surface area contributed by atoms with E-state index in [2.05, 4.69) is 29.4 Å². The van der Waals surface area contributed by atoms with Gasteiger partial charge in [-0.3, -0.25) is 19.2 Å². The second kappa shape index (κ2) is 8.11. The number of hydrogen-bond acceptors (Lipinski definition) is 5. The maximum atomic E-state index is 12.9. The zero-order valence-corrected chi connectivity index (χ0v) is 17.4. The van der Waals surface area contributed by atoms with E-state index in [1.807, 2.05) is 12.3 Å². The Labute approximate surface area is 176 Å². The molecule has 2 aromatic rings. The third kappa shape index (κ3) is 3.79. The zero-order valence-electron chi connectivity index (χ0n) is 17.4. The van der Waals surface area contributed by atoms with Crippen LogP contribution in [0.2, 0.25) is 0 Å². The van der Waals surface area contributed by atoms with Crippen molar-refractivity contribution in [3.05, 3.63) is 69.7 Å². The van der Waals surface area contributed by atoms with Gasteiger partial charge in [0.15, 0.2) is 5.65 Å². The molecule has 2 aromatic heterocycles. The molecule has 0 amide bonds. The molecule has 2 aliphatic heterocycles. The molecular weight excluding hydrogens is 374 g/mol. The van der Waals surface area contributed by atoms with Gasteiger partial charge in [0.05, 0.1) is 23.3 Å². The molecule has 6 nitrogen and oxygen atoms in total. The van der Waals surface area contributed by atoms with Crippen LogP contribution in [-0.4, -0.2) is 33.2 Å². The zero-order chi connectivity index (χ0) is 20.5. The molecule has 30 heavy (non-hydrogen) atoms. The van der Waals surface area contributed by atoms with Crippen LogP contribution < -0.4 is 10.9 Å². The van der Waals surface area contributed by atoms with Crippen molar-refractivity contribution in [2.45, 2.75) is 51.4 Å². The number of nitrogens with zero attached hydrogens (tertiary/aromatic N) is 4. The molecule has 4 heterocycles. The second-order valence-electron chi connectivity index (χ2n) is 8.41. The summed E-state index contributed by atoms with van der Waals surface area (Å²) in [5, 5.41) is 3.37. The molecule has 6 heteroatoms. The minimum Gasteiger partial charge on any atom is -0.317 e. The van der Waals surface area contributed by atoms with Gasteiger partial charge in [0.2, 0.25) is 0 Å². The van der Waals surface area contributed by atoms with E-state index in [9.17, 15) is 4.79 Å². The molecule has 0 radical (unpaired) electrons. The molecule has 0 atom stereocenters. The molecule has 0 unspecified atom stereocenters. The van der Waals surface area contributed by atoms with Gasteiger partial charge in [0.25, 0.3) is 5.56 Å². The van der Waals surface area contributed by atoms with Gasteiger partial charge in [-0.15, -0.1) is 0 Å². The van der Waals surface area contributed by atoms with E-state index >= 15 is 0 Å². The average molecular weight is 402 g/mol. The highest BCUT2D eigenvalue weighted by Crippen LogP contribution is 2.29. The van der Waals surface area contributed by atoms with E-state index < -0.39 is 0 Å². The number of rotatable bonds is 2. The summed E-state index contributed by atoms with van der Waals surface area (Å²) >= 11 is 0. The first kappa shape index (κ1) is 19.1. The number of hydrogen-bond donors (Lipinski definition) is 1. The van der Waals surface area contributed by atoms with Gasteiger partial charge in [-0.1, -0.05) is 12.2 Å². The summed E-state index contributed by atoms with van der Waals surface area (Å²) in [5.41, 5.74) is 6.88. The standard InChI is InChI=1S/C24H27N5O/c1-16-5-6-17-3-2-4-18(7-8-20(17)27-16)21-13-24(30)29-15-22(26-14-23(29)28-21)19-9-11-25-12-10-19/h4,7-8,13-15,19,25H,2-3,5-6,9-12H2,1H3/b8-7?,18-4+. The summed E-state index contributed by atoms with van der Waals surface area (Å²) in [6.45, 7) is 4.08. The highest BCUT2D eigenvalue weighted by atomic mass is 16.1. The lowest BCUT2D eigenvalue weighted by molar-refractivity contribution is 0.452. The molecule has 1 N–H and O–H groups in total. The molecule has 1 fully saturated rings. The third-order valence-corrected chi connectivity index (χ3v) is 6.32. The van der Waals surface area contributed by atoms with Gasteiger partial charge in [0.1, 0.15) is 0 Å². The number of aromatic nitrogens is 3. The summed E-state index contributed by atoms with van der Waals surface area (Å²) < 4.78 is 1.64. The first-order chi connectivity index (χ1) is 14.7. The molecule has 154 valence electrons. The molecule has 0 bridgehead atoms. The fourth-order valence-corrected chi connectivity index (χ4v) is 4.54. The van der Waals surface area contributed by atoms with Crippen LogP contribution in [0.4, 0.5) is 0 Å². The quantitative estimate of drug-likeness (QED) is 0.831. The van der Waals surface area contributed by atoms with E-state index in [4.69, 9.17) is 9.98 Å². The smallest absolute Gasteiger partial charge is 0.258 e. The molecular formula is C24H27N5O. The fraction of sp³-hybridized carbons (Fsp3) is 0.417. The van der Waals surface area contributed by atoms with Crippen molar-refractivity contribution in [2.75, 3.05) is 13.1 Å². The van der Waals surface area contributed by atoms with Crippen molar-refractivity contribution >= 4 is 16.9 Å². The van der Waals surface area contributed by atoms with Crippen molar-refractivity contribution in [1.29, 1.82) is 0 Å². The Hall–Kier alpha value is -2.86. The van der Waals surface area contributed by atoms with Gasteiger partial charge in [-0.25, -0.2) is 4.98 Å². The highest BCUT2D eigenvalue weighted by Gasteiger charge is 2.18. The monoisotopic (exact) mass is 401 g/mol. The normalized spacial score (nSPS) is 22.2. The van der Waals surface area contributed by atoms with Crippen molar-refractivity contribution in [2.24, 2.45) is 4.99 Å². The molecule has 0 spiro atoms. The minimum atomic E-state index is -0.0598. The fourth-order valence-electron chi connectivity index (χ4n) is 4.54. The van der Waals surface area contributed by atoms with Gasteiger partial charge in [0, 0.05) is 23.9 Å². The molecule has 5 rings (SSSR count). The average Bonchev–Trinajstić information content (AvgIpc) is 2.75. The maximum Gasteiger partial charge on any atom is 0.258 e. The lowest BCUT2D eigenvalue weighted by Crippen LogP contribution is -2.27. The maximum absolute atomic E-state index is 12.9. The SMILES string of the molecule is CC1=NC2=C(CC/C=C(/c3cc(=O)n4cc(C5CCNCC5)ncc4n3)C=C2)CC1. The second-order valence-corrected chi connectivity index (χ2v) is 8.41. The Morgan fingerprint density at radius 1 is 1.13 bits per heavy atom. The number of allylic oxidation sites excluding steroid dienone is 5. The van der Waals surface area contributed by atoms with Gasteiger partial charge in [-0.2, -0.15) is 0 Å². The first-order valence-electron chi connectivity index (χ1n) is 10.9. The predicted molar refractivity (Wildman–Crippen MR) is 120 cm³/mol. The van der Waals surface area contributed by atoms with E-state index in [1.54, 1.807) is 16.7 Å². The predicted octanol–water partition coefficient (Wildman–Crippen LogP) is 3.80. The molecule has 3 aliphatic rings. The van der Waals surface area contributed by atoms with E-state index in [-0.39, 0.29) is 5.56 Å².